The Kier molecular flexibility index (Phi) is 4.60. The summed E-state index contributed by atoms with van der Waals surface area (Å²) in [6.07, 6.45) is 6.05. The SMILES string of the molecule is CCC(C)(N)C(=O)Nc1ccc(N2CCCCC2)nc1. The first-order chi connectivity index (χ1) is 9.53. The Morgan fingerprint density at radius 2 is 2.10 bits per heavy atom. The molecule has 3 N–H and O–H groups in total. The van der Waals surface area contributed by atoms with Crippen LogP contribution < -0.4 is 16.0 Å². The fourth-order valence-corrected chi connectivity index (χ4v) is 2.20. The third kappa shape index (κ3) is 3.48. The zero-order valence-electron chi connectivity index (χ0n) is 12.4. The molecule has 0 aliphatic carbocycles. The molecule has 1 aliphatic heterocycles. The number of nitrogens with one attached hydrogen (secondary N) is 1. The topological polar surface area (TPSA) is 71.2 Å². The van der Waals surface area contributed by atoms with Crippen LogP contribution in [-0.4, -0.2) is 29.5 Å². The molecule has 1 unspecified atom stereocenters. The molecule has 0 aromatic carbocycles. The van der Waals surface area contributed by atoms with Crippen molar-refractivity contribution < 1.29 is 4.79 Å². The highest BCUT2D eigenvalue weighted by molar-refractivity contribution is 5.97. The normalized spacial score (nSPS) is 18.4. The number of nitrogens with zero attached hydrogens (tertiary/aromatic N) is 2. The van der Waals surface area contributed by atoms with Crippen molar-refractivity contribution in [3.63, 3.8) is 0 Å². The smallest absolute Gasteiger partial charge is 0.244 e. The maximum absolute atomic E-state index is 12.0. The summed E-state index contributed by atoms with van der Waals surface area (Å²) >= 11 is 0. The lowest BCUT2D eigenvalue weighted by Crippen LogP contribution is -2.47. The van der Waals surface area contributed by atoms with Crippen LogP contribution in [0.5, 0.6) is 0 Å². The standard InChI is InChI=1S/C15H24N4O/c1-3-15(2,16)14(20)18-12-7-8-13(17-11-12)19-9-5-4-6-10-19/h7-8,11H,3-6,9-10,16H2,1-2H3,(H,18,20). The zero-order chi connectivity index (χ0) is 14.6. The summed E-state index contributed by atoms with van der Waals surface area (Å²) in [5, 5.41) is 2.82. The summed E-state index contributed by atoms with van der Waals surface area (Å²) in [5.41, 5.74) is 5.77. The van der Waals surface area contributed by atoms with Gasteiger partial charge in [-0.05, 0) is 44.7 Å². The number of hydrogen-bond donors (Lipinski definition) is 2. The summed E-state index contributed by atoms with van der Waals surface area (Å²) in [7, 11) is 0. The van der Waals surface area contributed by atoms with Gasteiger partial charge < -0.3 is 16.0 Å². The molecule has 1 amide bonds. The van der Waals surface area contributed by atoms with Gasteiger partial charge in [-0.1, -0.05) is 6.92 Å². The van der Waals surface area contributed by atoms with Gasteiger partial charge in [0.1, 0.15) is 5.82 Å². The largest absolute Gasteiger partial charge is 0.357 e. The van der Waals surface area contributed by atoms with Crippen molar-refractivity contribution in [3.8, 4) is 0 Å². The van der Waals surface area contributed by atoms with Crippen LogP contribution >= 0.6 is 0 Å². The molecule has 0 radical (unpaired) electrons. The average molecular weight is 276 g/mol. The summed E-state index contributed by atoms with van der Waals surface area (Å²) in [6.45, 7) is 5.76. The molecular weight excluding hydrogens is 252 g/mol. The van der Waals surface area contributed by atoms with Gasteiger partial charge in [0, 0.05) is 13.1 Å². The molecule has 1 fully saturated rings. The lowest BCUT2D eigenvalue weighted by atomic mass is 9.99. The van der Waals surface area contributed by atoms with Crippen LogP contribution in [0.2, 0.25) is 0 Å². The molecule has 1 atom stereocenters. The van der Waals surface area contributed by atoms with E-state index in [9.17, 15) is 4.79 Å². The van der Waals surface area contributed by atoms with Crippen LogP contribution in [0, 0.1) is 0 Å². The quantitative estimate of drug-likeness (QED) is 0.884. The van der Waals surface area contributed by atoms with E-state index in [2.05, 4.69) is 15.2 Å². The third-order valence-corrected chi connectivity index (χ3v) is 3.94. The number of aromatic nitrogens is 1. The molecule has 1 saturated heterocycles. The van der Waals surface area contributed by atoms with E-state index in [4.69, 9.17) is 5.73 Å². The number of carbonyl (C=O) groups is 1. The van der Waals surface area contributed by atoms with Crippen molar-refractivity contribution in [2.45, 2.75) is 45.1 Å². The van der Waals surface area contributed by atoms with Crippen molar-refractivity contribution in [1.29, 1.82) is 0 Å². The van der Waals surface area contributed by atoms with Crippen LogP contribution in [0.15, 0.2) is 18.3 Å². The van der Waals surface area contributed by atoms with Gasteiger partial charge in [-0.3, -0.25) is 4.79 Å². The van der Waals surface area contributed by atoms with E-state index in [1.807, 2.05) is 19.1 Å². The zero-order valence-corrected chi connectivity index (χ0v) is 12.4. The minimum absolute atomic E-state index is 0.174. The van der Waals surface area contributed by atoms with Gasteiger partial charge in [-0.2, -0.15) is 0 Å². The van der Waals surface area contributed by atoms with Gasteiger partial charge >= 0.3 is 0 Å². The highest BCUT2D eigenvalue weighted by Crippen LogP contribution is 2.19. The second-order valence-corrected chi connectivity index (χ2v) is 5.68. The molecular formula is C15H24N4O. The highest BCUT2D eigenvalue weighted by atomic mass is 16.2. The first-order valence-electron chi connectivity index (χ1n) is 7.34. The average Bonchev–Trinajstić information content (AvgIpc) is 2.49. The second-order valence-electron chi connectivity index (χ2n) is 5.68. The third-order valence-electron chi connectivity index (χ3n) is 3.94. The molecule has 20 heavy (non-hydrogen) atoms. The van der Waals surface area contributed by atoms with E-state index in [0.717, 1.165) is 18.9 Å². The summed E-state index contributed by atoms with van der Waals surface area (Å²) in [5.74, 6) is 0.807. The lowest BCUT2D eigenvalue weighted by Gasteiger charge is -2.27. The predicted octanol–water partition coefficient (Wildman–Crippen LogP) is 2.14. The Balaban J connectivity index is 1.99. The molecule has 5 nitrogen and oxygen atoms in total. The Morgan fingerprint density at radius 3 is 2.65 bits per heavy atom. The Morgan fingerprint density at radius 1 is 1.40 bits per heavy atom. The molecule has 0 bridgehead atoms. The van der Waals surface area contributed by atoms with Crippen molar-refractivity contribution in [2.24, 2.45) is 5.73 Å². The number of carbonyl (C=O) groups excluding carboxylic acids is 1. The second kappa shape index (κ2) is 6.22. The Labute approximate surface area is 120 Å². The fourth-order valence-electron chi connectivity index (χ4n) is 2.20. The van der Waals surface area contributed by atoms with E-state index >= 15 is 0 Å². The van der Waals surface area contributed by atoms with Crippen LogP contribution in [0.1, 0.15) is 39.5 Å². The van der Waals surface area contributed by atoms with E-state index in [0.29, 0.717) is 12.1 Å². The first kappa shape index (κ1) is 14.8. The van der Waals surface area contributed by atoms with Gasteiger partial charge in [0.05, 0.1) is 17.4 Å². The van der Waals surface area contributed by atoms with Crippen LogP contribution in [0.4, 0.5) is 11.5 Å². The number of piperidine rings is 1. The van der Waals surface area contributed by atoms with Crippen LogP contribution in [0.25, 0.3) is 0 Å². The van der Waals surface area contributed by atoms with Crippen molar-refractivity contribution in [1.82, 2.24) is 4.98 Å². The van der Waals surface area contributed by atoms with Crippen LogP contribution in [-0.2, 0) is 4.79 Å². The molecule has 1 aromatic heterocycles. The highest BCUT2D eigenvalue weighted by Gasteiger charge is 2.26. The number of nitrogens with two attached hydrogens (primary N) is 1. The molecule has 5 heteroatoms. The van der Waals surface area contributed by atoms with Crippen molar-refractivity contribution in [3.05, 3.63) is 18.3 Å². The number of rotatable bonds is 4. The van der Waals surface area contributed by atoms with Gasteiger partial charge in [0.15, 0.2) is 0 Å². The molecule has 0 spiro atoms. The van der Waals surface area contributed by atoms with Crippen molar-refractivity contribution in [2.75, 3.05) is 23.3 Å². The summed E-state index contributed by atoms with van der Waals surface area (Å²) < 4.78 is 0. The first-order valence-corrected chi connectivity index (χ1v) is 7.34. The van der Waals surface area contributed by atoms with Crippen molar-refractivity contribution >= 4 is 17.4 Å². The minimum Gasteiger partial charge on any atom is -0.357 e. The molecule has 2 rings (SSSR count). The number of anilines is 2. The van der Waals surface area contributed by atoms with Gasteiger partial charge in [-0.25, -0.2) is 4.98 Å². The summed E-state index contributed by atoms with van der Waals surface area (Å²) in [4.78, 5) is 18.7. The number of pyridine rings is 1. The molecule has 0 saturated carbocycles. The van der Waals surface area contributed by atoms with Gasteiger partial charge in [0.2, 0.25) is 5.91 Å². The lowest BCUT2D eigenvalue weighted by molar-refractivity contribution is -0.120. The molecule has 1 aliphatic rings. The fraction of sp³-hybridized carbons (Fsp3) is 0.600. The van der Waals surface area contributed by atoms with Crippen LogP contribution in [0.3, 0.4) is 0 Å². The number of amides is 1. The Bertz CT molecular complexity index is 449. The van der Waals surface area contributed by atoms with E-state index < -0.39 is 5.54 Å². The van der Waals surface area contributed by atoms with Gasteiger partial charge in [-0.15, -0.1) is 0 Å². The van der Waals surface area contributed by atoms with Gasteiger partial charge in [0.25, 0.3) is 0 Å². The maximum atomic E-state index is 12.0. The molecule has 1 aromatic rings. The number of hydrogen-bond acceptors (Lipinski definition) is 4. The monoisotopic (exact) mass is 276 g/mol. The molecule has 2 heterocycles. The van der Waals surface area contributed by atoms with E-state index in [1.165, 1.54) is 19.3 Å². The van der Waals surface area contributed by atoms with E-state index in [-0.39, 0.29) is 5.91 Å². The maximum Gasteiger partial charge on any atom is 0.244 e. The van der Waals surface area contributed by atoms with E-state index in [1.54, 1.807) is 13.1 Å². The Hall–Kier alpha value is -1.62. The summed E-state index contributed by atoms with van der Waals surface area (Å²) in [6, 6.07) is 3.85. The predicted molar refractivity (Wildman–Crippen MR) is 81.8 cm³/mol. The molecule has 110 valence electrons. The minimum atomic E-state index is -0.842.